The van der Waals surface area contributed by atoms with E-state index in [9.17, 15) is 0 Å². The summed E-state index contributed by atoms with van der Waals surface area (Å²) >= 11 is 0. The van der Waals surface area contributed by atoms with Gasteiger partial charge in [0.25, 0.3) is 0 Å². The molecule has 1 aromatic heterocycles. The van der Waals surface area contributed by atoms with Crippen LogP contribution in [0.25, 0.3) is 10.8 Å². The Kier molecular flexibility index (Phi) is 4.44. The third-order valence-electron chi connectivity index (χ3n) is 5.20. The fraction of sp³-hybridized carbons (Fsp3) is 0.526. The first-order chi connectivity index (χ1) is 11.4. The molecule has 4 nitrogen and oxygen atoms in total. The van der Waals surface area contributed by atoms with Crippen LogP contribution >= 0.6 is 0 Å². The highest BCUT2D eigenvalue weighted by molar-refractivity contribution is 5.84. The third-order valence-corrected chi connectivity index (χ3v) is 5.20. The number of aromatic nitrogens is 1. The smallest absolute Gasteiger partial charge is 0.0388 e. The van der Waals surface area contributed by atoms with Crippen molar-refractivity contribution in [1.29, 1.82) is 0 Å². The number of likely N-dealkylation sites (tertiary alicyclic amines) is 1. The molecule has 3 heterocycles. The minimum absolute atomic E-state index is 0.567. The van der Waals surface area contributed by atoms with Crippen LogP contribution in [0.2, 0.25) is 0 Å². The lowest BCUT2D eigenvalue weighted by molar-refractivity contribution is 0.190. The van der Waals surface area contributed by atoms with Crippen LogP contribution in [0.4, 0.5) is 5.69 Å². The summed E-state index contributed by atoms with van der Waals surface area (Å²) in [5, 5.41) is 9.70. The number of piperidine rings is 1. The maximum atomic E-state index is 4.18. The van der Waals surface area contributed by atoms with Crippen LogP contribution in [0.3, 0.4) is 0 Å². The molecule has 2 aliphatic rings. The molecule has 0 radical (unpaired) electrons. The molecule has 0 saturated carbocycles. The molecular formula is C19H26N4. The minimum atomic E-state index is 0.567. The monoisotopic (exact) mass is 310 g/mol. The molecule has 2 fully saturated rings. The summed E-state index contributed by atoms with van der Waals surface area (Å²) in [5.41, 5.74) is 1.23. The standard InChI is InChI=1S/C19H26N4/c1-2-19(14-23(9-1)13-15-5-7-20-11-15)22-18-4-3-17-12-21-8-6-16(17)10-18/h3-4,6,8,10,12,15,19-20,22H,1-2,5,7,9,11,13-14H2. The van der Waals surface area contributed by atoms with Crippen molar-refractivity contribution in [1.82, 2.24) is 15.2 Å². The van der Waals surface area contributed by atoms with Crippen molar-refractivity contribution >= 4 is 16.5 Å². The molecule has 0 bridgehead atoms. The Bertz CT molecular complexity index is 651. The number of nitrogens with one attached hydrogen (secondary N) is 2. The second-order valence-electron chi connectivity index (χ2n) is 7.04. The van der Waals surface area contributed by atoms with Crippen molar-refractivity contribution in [2.75, 3.05) is 38.0 Å². The van der Waals surface area contributed by atoms with Gasteiger partial charge in [-0.25, -0.2) is 0 Å². The predicted octanol–water partition coefficient (Wildman–Crippen LogP) is 2.72. The Morgan fingerprint density at radius 2 is 2.22 bits per heavy atom. The second kappa shape index (κ2) is 6.85. The zero-order valence-electron chi connectivity index (χ0n) is 13.7. The summed E-state index contributed by atoms with van der Waals surface area (Å²) in [6.07, 6.45) is 7.71. The molecule has 0 aliphatic carbocycles. The number of anilines is 1. The number of rotatable bonds is 4. The van der Waals surface area contributed by atoms with Gasteiger partial charge in [-0.1, -0.05) is 6.07 Å². The first kappa shape index (κ1) is 14.9. The van der Waals surface area contributed by atoms with Gasteiger partial charge >= 0.3 is 0 Å². The van der Waals surface area contributed by atoms with E-state index in [2.05, 4.69) is 44.8 Å². The van der Waals surface area contributed by atoms with E-state index in [1.165, 1.54) is 68.4 Å². The predicted molar refractivity (Wildman–Crippen MR) is 95.8 cm³/mol. The molecule has 23 heavy (non-hydrogen) atoms. The van der Waals surface area contributed by atoms with E-state index >= 15 is 0 Å². The topological polar surface area (TPSA) is 40.2 Å². The van der Waals surface area contributed by atoms with E-state index < -0.39 is 0 Å². The van der Waals surface area contributed by atoms with Gasteiger partial charge in [-0.3, -0.25) is 4.98 Å². The molecule has 2 N–H and O–H groups in total. The lowest BCUT2D eigenvalue weighted by Crippen LogP contribution is -2.44. The van der Waals surface area contributed by atoms with E-state index in [0.717, 1.165) is 5.92 Å². The molecule has 2 aromatic rings. The molecule has 0 spiro atoms. The zero-order chi connectivity index (χ0) is 15.5. The quantitative estimate of drug-likeness (QED) is 0.911. The van der Waals surface area contributed by atoms with E-state index in [1.807, 2.05) is 12.4 Å². The van der Waals surface area contributed by atoms with Gasteiger partial charge in [-0.05, 0) is 68.4 Å². The Labute approximate surface area is 138 Å². The largest absolute Gasteiger partial charge is 0.381 e. The maximum absolute atomic E-state index is 4.18. The average molecular weight is 310 g/mol. The second-order valence-corrected chi connectivity index (χ2v) is 7.04. The van der Waals surface area contributed by atoms with Crippen LogP contribution in [0.1, 0.15) is 19.3 Å². The van der Waals surface area contributed by atoms with Crippen LogP contribution in [-0.2, 0) is 0 Å². The van der Waals surface area contributed by atoms with Gasteiger partial charge in [-0.2, -0.15) is 0 Å². The summed E-state index contributed by atoms with van der Waals surface area (Å²) in [5.74, 6) is 0.849. The maximum Gasteiger partial charge on any atom is 0.0388 e. The molecule has 2 saturated heterocycles. The van der Waals surface area contributed by atoms with E-state index in [1.54, 1.807) is 0 Å². The SMILES string of the molecule is c1cc2cc(NC3CCCN(CC4CCNC4)C3)ccc2cn1. The van der Waals surface area contributed by atoms with Crippen molar-refractivity contribution < 1.29 is 0 Å². The lowest BCUT2D eigenvalue weighted by atomic mass is 10.0. The van der Waals surface area contributed by atoms with Gasteiger partial charge < -0.3 is 15.5 Å². The Morgan fingerprint density at radius 1 is 1.22 bits per heavy atom. The summed E-state index contributed by atoms with van der Waals surface area (Å²) in [6, 6.07) is 9.24. The first-order valence-electron chi connectivity index (χ1n) is 8.90. The number of pyridine rings is 1. The molecule has 2 aliphatic heterocycles. The van der Waals surface area contributed by atoms with Gasteiger partial charge in [-0.15, -0.1) is 0 Å². The highest BCUT2D eigenvalue weighted by atomic mass is 15.2. The normalized spacial score (nSPS) is 25.7. The van der Waals surface area contributed by atoms with Gasteiger partial charge in [0.15, 0.2) is 0 Å². The van der Waals surface area contributed by atoms with Crippen LogP contribution in [-0.4, -0.2) is 48.6 Å². The van der Waals surface area contributed by atoms with Gasteiger partial charge in [0.05, 0.1) is 0 Å². The van der Waals surface area contributed by atoms with Crippen LogP contribution < -0.4 is 10.6 Å². The number of nitrogens with zero attached hydrogens (tertiary/aromatic N) is 2. The van der Waals surface area contributed by atoms with Crippen LogP contribution in [0.15, 0.2) is 36.7 Å². The molecular weight excluding hydrogens is 284 g/mol. The van der Waals surface area contributed by atoms with Gasteiger partial charge in [0, 0.05) is 42.6 Å². The van der Waals surface area contributed by atoms with Crippen molar-refractivity contribution in [3.05, 3.63) is 36.7 Å². The van der Waals surface area contributed by atoms with E-state index in [-0.39, 0.29) is 0 Å². The lowest BCUT2D eigenvalue weighted by Gasteiger charge is -2.35. The fourth-order valence-electron chi connectivity index (χ4n) is 3.98. The zero-order valence-corrected chi connectivity index (χ0v) is 13.7. The molecule has 122 valence electrons. The first-order valence-corrected chi connectivity index (χ1v) is 8.90. The number of benzene rings is 1. The minimum Gasteiger partial charge on any atom is -0.381 e. The van der Waals surface area contributed by atoms with Crippen molar-refractivity contribution in [3.63, 3.8) is 0 Å². The number of fused-ring (bicyclic) bond motifs is 1. The molecule has 0 amide bonds. The number of hydrogen-bond donors (Lipinski definition) is 2. The summed E-state index contributed by atoms with van der Waals surface area (Å²) < 4.78 is 0. The molecule has 4 heteroatoms. The summed E-state index contributed by atoms with van der Waals surface area (Å²) in [4.78, 5) is 6.84. The average Bonchev–Trinajstić information content (AvgIpc) is 3.08. The number of hydrogen-bond acceptors (Lipinski definition) is 4. The van der Waals surface area contributed by atoms with E-state index in [4.69, 9.17) is 0 Å². The molecule has 4 rings (SSSR count). The van der Waals surface area contributed by atoms with Gasteiger partial charge in [0.1, 0.15) is 0 Å². The van der Waals surface area contributed by atoms with Crippen molar-refractivity contribution in [3.8, 4) is 0 Å². The van der Waals surface area contributed by atoms with Gasteiger partial charge in [0.2, 0.25) is 0 Å². The Morgan fingerprint density at radius 3 is 3.13 bits per heavy atom. The highest BCUT2D eigenvalue weighted by Crippen LogP contribution is 2.22. The third kappa shape index (κ3) is 3.65. The summed E-state index contributed by atoms with van der Waals surface area (Å²) in [7, 11) is 0. The van der Waals surface area contributed by atoms with Crippen LogP contribution in [0.5, 0.6) is 0 Å². The van der Waals surface area contributed by atoms with Crippen LogP contribution in [0, 0.1) is 5.92 Å². The van der Waals surface area contributed by atoms with E-state index in [0.29, 0.717) is 6.04 Å². The fourth-order valence-corrected chi connectivity index (χ4v) is 3.98. The highest BCUT2D eigenvalue weighted by Gasteiger charge is 2.23. The molecule has 2 unspecified atom stereocenters. The summed E-state index contributed by atoms with van der Waals surface area (Å²) in [6.45, 7) is 6.09. The Balaban J connectivity index is 1.38. The molecule has 2 atom stereocenters. The van der Waals surface area contributed by atoms with Crippen molar-refractivity contribution in [2.24, 2.45) is 5.92 Å². The van der Waals surface area contributed by atoms with Crippen molar-refractivity contribution in [2.45, 2.75) is 25.3 Å². The molecule has 1 aromatic carbocycles. The Hall–Kier alpha value is -1.65.